The number of aryl methyl sites for hydroxylation is 1. The highest BCUT2D eigenvalue weighted by Gasteiger charge is 2.21. The van der Waals surface area contributed by atoms with E-state index in [0.29, 0.717) is 12.3 Å². The number of aliphatic carboxylic acids is 2. The Kier molecular flexibility index (Phi) is 9.02. The third-order valence-corrected chi connectivity index (χ3v) is 6.82. The van der Waals surface area contributed by atoms with Gasteiger partial charge in [-0.15, -0.1) is 0 Å². The van der Waals surface area contributed by atoms with E-state index in [0.717, 1.165) is 24.2 Å². The van der Waals surface area contributed by atoms with Crippen LogP contribution in [-0.2, 0) is 26.0 Å². The van der Waals surface area contributed by atoms with E-state index in [1.807, 2.05) is 6.07 Å². The van der Waals surface area contributed by atoms with Gasteiger partial charge in [-0.25, -0.2) is 13.1 Å². The summed E-state index contributed by atoms with van der Waals surface area (Å²) in [6.45, 7) is 2.27. The lowest BCUT2D eigenvalue weighted by Gasteiger charge is -2.28. The summed E-state index contributed by atoms with van der Waals surface area (Å²) in [7, 11) is 0.476. The van der Waals surface area contributed by atoms with Crippen LogP contribution in [0.1, 0.15) is 42.7 Å². The number of piperidine rings is 1. The van der Waals surface area contributed by atoms with Crippen molar-refractivity contribution in [1.29, 1.82) is 0 Å². The molecule has 0 radical (unpaired) electrons. The van der Waals surface area contributed by atoms with Gasteiger partial charge in [-0.1, -0.05) is 6.07 Å². The van der Waals surface area contributed by atoms with Gasteiger partial charge in [0.2, 0.25) is 10.0 Å². The van der Waals surface area contributed by atoms with Gasteiger partial charge in [0.05, 0.1) is 18.6 Å². The number of nitrogens with zero attached hydrogens (tertiary/aromatic N) is 1. The first kappa shape index (κ1) is 24.8. The van der Waals surface area contributed by atoms with Crippen LogP contribution in [0.15, 0.2) is 24.4 Å². The van der Waals surface area contributed by atoms with Crippen molar-refractivity contribution in [2.75, 3.05) is 32.9 Å². The highest BCUT2D eigenvalue weighted by molar-refractivity contribution is 7.89. The molecule has 1 aromatic heterocycles. The van der Waals surface area contributed by atoms with Gasteiger partial charge >= 0.3 is 11.9 Å². The lowest BCUT2D eigenvalue weighted by Crippen LogP contribution is -2.29. The average Bonchev–Trinajstić information content (AvgIpc) is 3.15. The number of carboxylic acids is 2. The summed E-state index contributed by atoms with van der Waals surface area (Å²) in [5, 5.41) is 17.0. The van der Waals surface area contributed by atoms with Gasteiger partial charge in [-0.2, -0.15) is 0 Å². The number of aromatic nitrogens is 1. The number of sulfonamides is 1. The van der Waals surface area contributed by atoms with E-state index in [4.69, 9.17) is 10.2 Å². The molecule has 2 aromatic rings. The van der Waals surface area contributed by atoms with Crippen LogP contribution in [0.4, 0.5) is 0 Å². The van der Waals surface area contributed by atoms with Gasteiger partial charge in [-0.05, 0) is 75.6 Å². The Bertz CT molecular complexity index is 980. The second kappa shape index (κ2) is 11.3. The van der Waals surface area contributed by atoms with Gasteiger partial charge < -0.3 is 20.1 Å². The van der Waals surface area contributed by atoms with E-state index in [2.05, 4.69) is 40.0 Å². The molecule has 1 aliphatic rings. The minimum Gasteiger partial charge on any atom is -0.481 e. The first-order valence-corrected chi connectivity index (χ1v) is 11.9. The van der Waals surface area contributed by atoms with Crippen molar-refractivity contribution in [2.24, 2.45) is 0 Å². The Hall–Kier alpha value is -2.43. The molecule has 0 spiro atoms. The van der Waals surface area contributed by atoms with Gasteiger partial charge in [0.1, 0.15) is 0 Å². The Balaban J connectivity index is 0.000000366. The number of H-pyrrole nitrogens is 1. The number of carbonyl (C=O) groups is 2. The number of carboxylic acid groups (broad SMARTS) is 2. The summed E-state index contributed by atoms with van der Waals surface area (Å²) in [6, 6.07) is 6.24. The molecule has 0 amide bonds. The number of fused-ring (bicyclic) bond motifs is 1. The van der Waals surface area contributed by atoms with Gasteiger partial charge in [0.15, 0.2) is 0 Å². The van der Waals surface area contributed by atoms with Crippen LogP contribution < -0.4 is 4.72 Å². The SMILES string of the molecule is CNS(=O)(=O)CCc1ccc2[nH]cc(C3CCN(C)CC3)c2c1.O=C(O)CCC(=O)O. The summed E-state index contributed by atoms with van der Waals surface area (Å²) in [5.41, 5.74) is 3.59. The van der Waals surface area contributed by atoms with E-state index in [9.17, 15) is 18.0 Å². The molecule has 9 nitrogen and oxygen atoms in total. The second-order valence-electron chi connectivity index (χ2n) is 7.76. The Morgan fingerprint density at radius 1 is 1.16 bits per heavy atom. The summed E-state index contributed by atoms with van der Waals surface area (Å²) >= 11 is 0. The lowest BCUT2D eigenvalue weighted by molar-refractivity contribution is -0.143. The standard InChI is InChI=1S/C17H25N3O2S.C4H6O4/c1-18-23(21,22)10-7-13-3-4-17-15(11-13)16(12-19-17)14-5-8-20(2)9-6-14;5-3(6)1-2-4(7)8/h3-4,11-12,14,18-19H,5-10H2,1-2H3;1-2H2,(H,5,6)(H,7,8). The fourth-order valence-electron chi connectivity index (χ4n) is 3.57. The zero-order chi connectivity index (χ0) is 23.0. The van der Waals surface area contributed by atoms with Crippen molar-refractivity contribution in [3.63, 3.8) is 0 Å². The number of benzene rings is 1. The zero-order valence-corrected chi connectivity index (χ0v) is 18.7. The van der Waals surface area contributed by atoms with Gasteiger partial charge in [0, 0.05) is 17.1 Å². The second-order valence-corrected chi connectivity index (χ2v) is 9.81. The van der Waals surface area contributed by atoms with E-state index in [-0.39, 0.29) is 18.6 Å². The van der Waals surface area contributed by atoms with Crippen molar-refractivity contribution < 1.29 is 28.2 Å². The smallest absolute Gasteiger partial charge is 0.303 e. The Morgan fingerprint density at radius 3 is 2.32 bits per heavy atom. The fourth-order valence-corrected chi connectivity index (χ4v) is 4.28. The summed E-state index contributed by atoms with van der Waals surface area (Å²) in [6.07, 6.45) is 4.44. The third kappa shape index (κ3) is 7.97. The van der Waals surface area contributed by atoms with Crippen molar-refractivity contribution in [2.45, 2.75) is 38.0 Å². The molecule has 0 atom stereocenters. The molecule has 1 saturated heterocycles. The lowest BCUT2D eigenvalue weighted by atomic mass is 9.89. The van der Waals surface area contributed by atoms with Crippen LogP contribution in [0.3, 0.4) is 0 Å². The van der Waals surface area contributed by atoms with Crippen LogP contribution in [-0.4, -0.2) is 73.4 Å². The number of aromatic amines is 1. The molecule has 2 heterocycles. The molecule has 0 saturated carbocycles. The largest absolute Gasteiger partial charge is 0.481 e. The maximum atomic E-state index is 11.6. The van der Waals surface area contributed by atoms with Gasteiger partial charge in [0.25, 0.3) is 0 Å². The highest BCUT2D eigenvalue weighted by atomic mass is 32.2. The van der Waals surface area contributed by atoms with Crippen LogP contribution in [0.5, 0.6) is 0 Å². The monoisotopic (exact) mass is 453 g/mol. The molecule has 31 heavy (non-hydrogen) atoms. The molecule has 3 rings (SSSR count). The molecule has 1 aliphatic heterocycles. The number of hydrogen-bond acceptors (Lipinski definition) is 5. The molecule has 1 fully saturated rings. The third-order valence-electron chi connectivity index (χ3n) is 5.46. The molecular weight excluding hydrogens is 422 g/mol. The van der Waals surface area contributed by atoms with Crippen LogP contribution in [0.2, 0.25) is 0 Å². The maximum Gasteiger partial charge on any atom is 0.303 e. The molecule has 172 valence electrons. The molecule has 0 aliphatic carbocycles. The average molecular weight is 454 g/mol. The predicted octanol–water partition coefficient (Wildman–Crippen LogP) is 2.00. The van der Waals surface area contributed by atoms with Gasteiger partial charge in [-0.3, -0.25) is 9.59 Å². The minimum atomic E-state index is -3.16. The van der Waals surface area contributed by atoms with Crippen molar-refractivity contribution >= 4 is 32.9 Å². The van der Waals surface area contributed by atoms with E-state index in [1.54, 1.807) is 0 Å². The first-order chi connectivity index (χ1) is 14.6. The molecular formula is C21H31N3O6S. The molecule has 0 bridgehead atoms. The van der Waals surface area contributed by atoms with Crippen LogP contribution in [0.25, 0.3) is 10.9 Å². The number of likely N-dealkylation sites (tertiary alicyclic amines) is 1. The van der Waals surface area contributed by atoms with E-state index < -0.39 is 22.0 Å². The molecule has 10 heteroatoms. The van der Waals surface area contributed by atoms with Crippen molar-refractivity contribution in [3.8, 4) is 0 Å². The van der Waals surface area contributed by atoms with E-state index in [1.165, 1.54) is 30.8 Å². The van der Waals surface area contributed by atoms with Crippen LogP contribution in [0, 0.1) is 0 Å². The number of nitrogens with one attached hydrogen (secondary N) is 2. The summed E-state index contributed by atoms with van der Waals surface area (Å²) in [5.74, 6) is -1.43. The molecule has 0 unspecified atom stereocenters. The predicted molar refractivity (Wildman–Crippen MR) is 119 cm³/mol. The maximum absolute atomic E-state index is 11.6. The zero-order valence-electron chi connectivity index (χ0n) is 17.9. The highest BCUT2D eigenvalue weighted by Crippen LogP contribution is 2.33. The minimum absolute atomic E-state index is 0.128. The quantitative estimate of drug-likeness (QED) is 0.479. The van der Waals surface area contributed by atoms with Crippen LogP contribution >= 0.6 is 0 Å². The number of rotatable bonds is 8. The Labute approximate surface area is 182 Å². The summed E-state index contributed by atoms with van der Waals surface area (Å²) < 4.78 is 25.6. The first-order valence-electron chi connectivity index (χ1n) is 10.2. The topological polar surface area (TPSA) is 140 Å². The molecule has 4 N–H and O–H groups in total. The summed E-state index contributed by atoms with van der Waals surface area (Å²) in [4.78, 5) is 25.0. The fraction of sp³-hybridized carbons (Fsp3) is 0.524. The molecule has 1 aromatic carbocycles. The van der Waals surface area contributed by atoms with Crippen molar-refractivity contribution in [3.05, 3.63) is 35.5 Å². The Morgan fingerprint density at radius 2 is 1.77 bits per heavy atom. The van der Waals surface area contributed by atoms with E-state index >= 15 is 0 Å². The normalized spacial score (nSPS) is 15.4. The van der Waals surface area contributed by atoms with Crippen molar-refractivity contribution in [1.82, 2.24) is 14.6 Å². The number of hydrogen-bond donors (Lipinski definition) is 4.